The van der Waals surface area contributed by atoms with Crippen molar-refractivity contribution in [2.45, 2.75) is 6.04 Å². The van der Waals surface area contributed by atoms with Crippen molar-refractivity contribution in [1.82, 2.24) is 15.1 Å². The van der Waals surface area contributed by atoms with Crippen LogP contribution in [0, 0.1) is 0 Å². The molecule has 0 saturated carbocycles. The van der Waals surface area contributed by atoms with Gasteiger partial charge in [0.05, 0.1) is 13.1 Å². The fraction of sp³-hybridized carbons (Fsp3) is 0.400. The SMILES string of the molecule is O=C1NCC(=O)N2CCN(C(=O)Nc3ccc4c(c3)OCO4)C[C@H]12. The Morgan fingerprint density at radius 1 is 1.21 bits per heavy atom. The maximum atomic E-state index is 12.4. The van der Waals surface area contributed by atoms with Gasteiger partial charge in [-0.15, -0.1) is 0 Å². The molecule has 4 rings (SSSR count). The lowest BCUT2D eigenvalue weighted by molar-refractivity contribution is -0.148. The first kappa shape index (κ1) is 14.6. The molecule has 1 atom stereocenters. The third-order valence-electron chi connectivity index (χ3n) is 4.33. The molecule has 0 spiro atoms. The van der Waals surface area contributed by atoms with Gasteiger partial charge in [0.15, 0.2) is 11.5 Å². The van der Waals surface area contributed by atoms with E-state index in [4.69, 9.17) is 9.47 Å². The number of rotatable bonds is 1. The molecule has 3 heterocycles. The lowest BCUT2D eigenvalue weighted by Crippen LogP contribution is -2.66. The second-order valence-corrected chi connectivity index (χ2v) is 5.76. The molecule has 1 aromatic rings. The first-order valence-corrected chi connectivity index (χ1v) is 7.64. The summed E-state index contributed by atoms with van der Waals surface area (Å²) in [4.78, 5) is 39.3. The van der Waals surface area contributed by atoms with Gasteiger partial charge in [-0.1, -0.05) is 0 Å². The Morgan fingerprint density at radius 2 is 2.04 bits per heavy atom. The van der Waals surface area contributed by atoms with Crippen molar-refractivity contribution in [2.75, 3.05) is 38.3 Å². The fourth-order valence-electron chi connectivity index (χ4n) is 3.05. The number of amides is 4. The fourth-order valence-corrected chi connectivity index (χ4v) is 3.05. The van der Waals surface area contributed by atoms with E-state index in [0.717, 1.165) is 0 Å². The highest BCUT2D eigenvalue weighted by Crippen LogP contribution is 2.34. The van der Waals surface area contributed by atoms with Crippen molar-refractivity contribution in [3.63, 3.8) is 0 Å². The van der Waals surface area contributed by atoms with Crippen LogP contribution in [0.25, 0.3) is 0 Å². The Bertz CT molecular complexity index is 722. The van der Waals surface area contributed by atoms with E-state index >= 15 is 0 Å². The zero-order valence-corrected chi connectivity index (χ0v) is 12.8. The van der Waals surface area contributed by atoms with Gasteiger partial charge < -0.3 is 29.9 Å². The van der Waals surface area contributed by atoms with E-state index in [9.17, 15) is 14.4 Å². The molecular weight excluding hydrogens is 316 g/mol. The van der Waals surface area contributed by atoms with Crippen molar-refractivity contribution in [2.24, 2.45) is 0 Å². The van der Waals surface area contributed by atoms with Crippen LogP contribution in [0.4, 0.5) is 10.5 Å². The van der Waals surface area contributed by atoms with E-state index in [1.54, 1.807) is 18.2 Å². The lowest BCUT2D eigenvalue weighted by atomic mass is 10.1. The molecule has 0 aromatic heterocycles. The largest absolute Gasteiger partial charge is 0.454 e. The van der Waals surface area contributed by atoms with Gasteiger partial charge in [-0.05, 0) is 12.1 Å². The number of carbonyl (C=O) groups excluding carboxylic acids is 3. The summed E-state index contributed by atoms with van der Waals surface area (Å²) in [6.45, 7) is 1.10. The minimum Gasteiger partial charge on any atom is -0.454 e. The van der Waals surface area contributed by atoms with E-state index in [0.29, 0.717) is 30.3 Å². The predicted octanol–water partition coefficient (Wildman–Crippen LogP) is -0.410. The summed E-state index contributed by atoms with van der Waals surface area (Å²) in [5.41, 5.74) is 0.579. The number of fused-ring (bicyclic) bond motifs is 2. The first-order chi connectivity index (χ1) is 11.6. The molecule has 3 aliphatic rings. The number of nitrogens with one attached hydrogen (secondary N) is 2. The Morgan fingerprint density at radius 3 is 2.92 bits per heavy atom. The maximum absolute atomic E-state index is 12.4. The van der Waals surface area contributed by atoms with Crippen LogP contribution in [-0.2, 0) is 9.59 Å². The number of ether oxygens (including phenoxy) is 2. The summed E-state index contributed by atoms with van der Waals surface area (Å²) in [7, 11) is 0. The molecule has 0 radical (unpaired) electrons. The van der Waals surface area contributed by atoms with Crippen LogP contribution < -0.4 is 20.1 Å². The summed E-state index contributed by atoms with van der Waals surface area (Å²) < 4.78 is 10.5. The highest BCUT2D eigenvalue weighted by molar-refractivity contribution is 5.96. The van der Waals surface area contributed by atoms with E-state index in [1.807, 2.05) is 0 Å². The minimum atomic E-state index is -0.623. The minimum absolute atomic E-state index is 0.0265. The number of carbonyl (C=O) groups is 3. The predicted molar refractivity (Wildman–Crippen MR) is 81.7 cm³/mol. The van der Waals surface area contributed by atoms with Gasteiger partial charge in [0.2, 0.25) is 18.6 Å². The Labute approximate surface area is 137 Å². The molecule has 2 N–H and O–H groups in total. The standard InChI is InChI=1S/C15H16N4O5/c20-13-6-16-14(21)10-7-18(3-4-19(10)13)15(22)17-9-1-2-11-12(5-9)24-8-23-11/h1-2,5,10H,3-4,6-8H2,(H,16,21)(H,17,22)/t10-/m1/s1. The van der Waals surface area contributed by atoms with Crippen LogP contribution >= 0.6 is 0 Å². The highest BCUT2D eigenvalue weighted by Gasteiger charge is 2.39. The van der Waals surface area contributed by atoms with Gasteiger partial charge in [0.1, 0.15) is 6.04 Å². The maximum Gasteiger partial charge on any atom is 0.321 e. The van der Waals surface area contributed by atoms with Crippen molar-refractivity contribution in [1.29, 1.82) is 0 Å². The average Bonchev–Trinajstić information content (AvgIpc) is 3.05. The number of nitrogens with zero attached hydrogens (tertiary/aromatic N) is 2. The molecular formula is C15H16N4O5. The van der Waals surface area contributed by atoms with Gasteiger partial charge in [0, 0.05) is 24.8 Å². The Hall–Kier alpha value is -2.97. The van der Waals surface area contributed by atoms with Crippen LogP contribution in [0.1, 0.15) is 0 Å². The Kier molecular flexibility index (Phi) is 3.40. The molecule has 1 aromatic carbocycles. The molecule has 2 fully saturated rings. The quantitative estimate of drug-likeness (QED) is 0.728. The molecule has 126 valence electrons. The van der Waals surface area contributed by atoms with E-state index in [2.05, 4.69) is 10.6 Å². The second kappa shape index (κ2) is 5.59. The zero-order chi connectivity index (χ0) is 16.7. The normalized spacial score (nSPS) is 22.1. The van der Waals surface area contributed by atoms with Crippen LogP contribution in [0.5, 0.6) is 11.5 Å². The molecule has 0 unspecified atom stereocenters. The summed E-state index contributed by atoms with van der Waals surface area (Å²) in [6, 6.07) is 4.19. The summed E-state index contributed by atoms with van der Waals surface area (Å²) in [5.74, 6) is 0.875. The van der Waals surface area contributed by atoms with Gasteiger partial charge in [-0.2, -0.15) is 0 Å². The molecule has 2 saturated heterocycles. The zero-order valence-electron chi connectivity index (χ0n) is 12.8. The van der Waals surface area contributed by atoms with Gasteiger partial charge in [-0.25, -0.2) is 4.79 Å². The van der Waals surface area contributed by atoms with Crippen LogP contribution in [0.2, 0.25) is 0 Å². The van der Waals surface area contributed by atoms with Crippen molar-refractivity contribution in [3.8, 4) is 11.5 Å². The average molecular weight is 332 g/mol. The molecule has 9 nitrogen and oxygen atoms in total. The number of piperazine rings is 2. The smallest absolute Gasteiger partial charge is 0.321 e. The van der Waals surface area contributed by atoms with Crippen LogP contribution in [-0.4, -0.2) is 66.7 Å². The molecule has 4 amide bonds. The monoisotopic (exact) mass is 332 g/mol. The van der Waals surface area contributed by atoms with Gasteiger partial charge in [0.25, 0.3) is 0 Å². The van der Waals surface area contributed by atoms with Crippen molar-refractivity contribution >= 4 is 23.5 Å². The number of anilines is 1. The number of hydrogen-bond donors (Lipinski definition) is 2. The molecule has 9 heteroatoms. The molecule has 0 aliphatic carbocycles. The number of hydrogen-bond acceptors (Lipinski definition) is 5. The van der Waals surface area contributed by atoms with E-state index in [1.165, 1.54) is 9.80 Å². The third-order valence-corrected chi connectivity index (χ3v) is 4.33. The van der Waals surface area contributed by atoms with E-state index in [-0.39, 0.29) is 37.7 Å². The molecule has 3 aliphatic heterocycles. The van der Waals surface area contributed by atoms with Crippen molar-refractivity contribution < 1.29 is 23.9 Å². The van der Waals surface area contributed by atoms with Crippen molar-refractivity contribution in [3.05, 3.63) is 18.2 Å². The molecule has 24 heavy (non-hydrogen) atoms. The van der Waals surface area contributed by atoms with E-state index < -0.39 is 6.04 Å². The Balaban J connectivity index is 1.43. The number of benzene rings is 1. The first-order valence-electron chi connectivity index (χ1n) is 7.64. The highest BCUT2D eigenvalue weighted by atomic mass is 16.7. The topological polar surface area (TPSA) is 100 Å². The van der Waals surface area contributed by atoms with Gasteiger partial charge >= 0.3 is 6.03 Å². The van der Waals surface area contributed by atoms with Crippen LogP contribution in [0.15, 0.2) is 18.2 Å². The molecule has 0 bridgehead atoms. The lowest BCUT2D eigenvalue weighted by Gasteiger charge is -2.42. The van der Waals surface area contributed by atoms with Crippen LogP contribution in [0.3, 0.4) is 0 Å². The summed E-state index contributed by atoms with van der Waals surface area (Å²) in [5, 5.41) is 5.33. The second-order valence-electron chi connectivity index (χ2n) is 5.76. The summed E-state index contributed by atoms with van der Waals surface area (Å²) in [6.07, 6.45) is 0. The third kappa shape index (κ3) is 2.47. The number of urea groups is 1. The van der Waals surface area contributed by atoms with Gasteiger partial charge in [-0.3, -0.25) is 9.59 Å². The summed E-state index contributed by atoms with van der Waals surface area (Å²) >= 11 is 0.